The predicted molar refractivity (Wildman–Crippen MR) is 69.0 cm³/mol. The minimum absolute atomic E-state index is 0.311. The first-order valence-corrected chi connectivity index (χ1v) is 6.44. The van der Waals surface area contributed by atoms with Gasteiger partial charge in [-0.3, -0.25) is 0 Å². The number of imidazole rings is 1. The molecule has 18 heavy (non-hydrogen) atoms. The van der Waals surface area contributed by atoms with Crippen LogP contribution in [-0.2, 0) is 6.54 Å². The number of aromatic carboxylic acids is 1. The molecule has 1 aliphatic rings. The van der Waals surface area contributed by atoms with Gasteiger partial charge in [-0.1, -0.05) is 6.92 Å². The second kappa shape index (κ2) is 4.12. The Morgan fingerprint density at radius 2 is 2.28 bits per heavy atom. The zero-order chi connectivity index (χ0) is 12.7. The number of hydrogen-bond donors (Lipinski definition) is 1. The highest BCUT2D eigenvalue weighted by molar-refractivity contribution is 5.92. The Bertz CT molecular complexity index is 612. The molecule has 0 aliphatic heterocycles. The smallest absolute Gasteiger partial charge is 0.335 e. The number of aryl methyl sites for hydroxylation is 1. The van der Waals surface area contributed by atoms with Crippen LogP contribution in [0, 0.1) is 0 Å². The predicted octanol–water partition coefficient (Wildman–Crippen LogP) is 3.02. The van der Waals surface area contributed by atoms with Crippen molar-refractivity contribution in [1.29, 1.82) is 0 Å². The Kier molecular flexibility index (Phi) is 2.58. The molecule has 0 bridgehead atoms. The van der Waals surface area contributed by atoms with Gasteiger partial charge in [0.1, 0.15) is 5.82 Å². The molecule has 0 unspecified atom stereocenters. The van der Waals surface area contributed by atoms with Crippen molar-refractivity contribution in [3.8, 4) is 0 Å². The van der Waals surface area contributed by atoms with E-state index in [0.29, 0.717) is 11.5 Å². The summed E-state index contributed by atoms with van der Waals surface area (Å²) in [6.45, 7) is 3.10. The molecule has 0 atom stereocenters. The average molecular weight is 244 g/mol. The second-order valence-electron chi connectivity index (χ2n) is 4.90. The Balaban J connectivity index is 2.16. The summed E-state index contributed by atoms with van der Waals surface area (Å²) in [5, 5.41) is 9.01. The third kappa shape index (κ3) is 1.78. The minimum atomic E-state index is -0.894. The molecule has 4 heteroatoms. The summed E-state index contributed by atoms with van der Waals surface area (Å²) >= 11 is 0. The lowest BCUT2D eigenvalue weighted by Gasteiger charge is -2.06. The van der Waals surface area contributed by atoms with Crippen molar-refractivity contribution >= 4 is 17.0 Å². The van der Waals surface area contributed by atoms with Crippen LogP contribution in [0.3, 0.4) is 0 Å². The molecule has 1 fully saturated rings. The number of aromatic nitrogens is 2. The van der Waals surface area contributed by atoms with E-state index < -0.39 is 5.97 Å². The zero-order valence-corrected chi connectivity index (χ0v) is 10.4. The number of rotatable bonds is 4. The summed E-state index contributed by atoms with van der Waals surface area (Å²) in [5.74, 6) is 0.821. The molecule has 1 saturated carbocycles. The van der Waals surface area contributed by atoms with E-state index in [9.17, 15) is 4.79 Å². The molecule has 1 aliphatic carbocycles. The molecule has 2 aromatic rings. The van der Waals surface area contributed by atoms with Crippen LogP contribution in [0.25, 0.3) is 11.0 Å². The molecule has 94 valence electrons. The minimum Gasteiger partial charge on any atom is -0.478 e. The number of carbonyl (C=O) groups is 1. The van der Waals surface area contributed by atoms with Gasteiger partial charge in [-0.05, 0) is 37.5 Å². The van der Waals surface area contributed by atoms with Gasteiger partial charge in [-0.15, -0.1) is 0 Å². The summed E-state index contributed by atoms with van der Waals surface area (Å²) < 4.78 is 2.25. The van der Waals surface area contributed by atoms with Crippen LogP contribution in [0.4, 0.5) is 0 Å². The van der Waals surface area contributed by atoms with Gasteiger partial charge >= 0.3 is 5.97 Å². The number of nitrogens with zero attached hydrogens (tertiary/aromatic N) is 2. The van der Waals surface area contributed by atoms with Gasteiger partial charge in [-0.25, -0.2) is 9.78 Å². The topological polar surface area (TPSA) is 55.1 Å². The fourth-order valence-electron chi connectivity index (χ4n) is 2.39. The van der Waals surface area contributed by atoms with Crippen LogP contribution < -0.4 is 0 Å². The molecule has 1 heterocycles. The summed E-state index contributed by atoms with van der Waals surface area (Å²) in [5.41, 5.74) is 2.18. The van der Waals surface area contributed by atoms with Crippen LogP contribution in [0.5, 0.6) is 0 Å². The Morgan fingerprint density at radius 1 is 1.50 bits per heavy atom. The summed E-state index contributed by atoms with van der Waals surface area (Å²) in [7, 11) is 0. The first-order valence-electron chi connectivity index (χ1n) is 6.44. The van der Waals surface area contributed by atoms with Gasteiger partial charge in [0, 0.05) is 12.5 Å². The molecule has 1 aromatic carbocycles. The highest BCUT2D eigenvalue weighted by Gasteiger charge is 2.29. The highest BCUT2D eigenvalue weighted by atomic mass is 16.4. The third-order valence-electron chi connectivity index (χ3n) is 3.41. The first-order chi connectivity index (χ1) is 8.70. The molecule has 4 nitrogen and oxygen atoms in total. The quantitative estimate of drug-likeness (QED) is 0.899. The Hall–Kier alpha value is -1.84. The molecule has 1 N–H and O–H groups in total. The van der Waals surface area contributed by atoms with Crippen molar-refractivity contribution in [2.75, 3.05) is 0 Å². The molecular weight excluding hydrogens is 228 g/mol. The van der Waals surface area contributed by atoms with E-state index in [1.807, 2.05) is 6.07 Å². The van der Waals surface area contributed by atoms with Gasteiger partial charge < -0.3 is 9.67 Å². The van der Waals surface area contributed by atoms with E-state index in [4.69, 9.17) is 5.11 Å². The van der Waals surface area contributed by atoms with E-state index in [-0.39, 0.29) is 0 Å². The Morgan fingerprint density at radius 3 is 2.89 bits per heavy atom. The molecule has 0 spiro atoms. The van der Waals surface area contributed by atoms with Crippen molar-refractivity contribution in [1.82, 2.24) is 9.55 Å². The van der Waals surface area contributed by atoms with Crippen LogP contribution in [-0.4, -0.2) is 20.6 Å². The van der Waals surface area contributed by atoms with Gasteiger partial charge in [0.25, 0.3) is 0 Å². The molecular formula is C14H16N2O2. The lowest BCUT2D eigenvalue weighted by Crippen LogP contribution is -2.02. The maximum Gasteiger partial charge on any atom is 0.335 e. The van der Waals surface area contributed by atoms with E-state index in [2.05, 4.69) is 16.5 Å². The fourth-order valence-corrected chi connectivity index (χ4v) is 2.39. The van der Waals surface area contributed by atoms with Crippen LogP contribution in [0.2, 0.25) is 0 Å². The lowest BCUT2D eigenvalue weighted by molar-refractivity contribution is 0.0697. The van der Waals surface area contributed by atoms with Gasteiger partial charge in [0.05, 0.1) is 16.6 Å². The number of hydrogen-bond acceptors (Lipinski definition) is 2. The van der Waals surface area contributed by atoms with E-state index in [1.165, 1.54) is 12.8 Å². The maximum atomic E-state index is 11.0. The summed E-state index contributed by atoms with van der Waals surface area (Å²) in [6.07, 6.45) is 3.48. The molecule has 0 radical (unpaired) electrons. The van der Waals surface area contributed by atoms with Crippen molar-refractivity contribution < 1.29 is 9.90 Å². The Labute approximate surface area is 105 Å². The average Bonchev–Trinajstić information content (AvgIpc) is 3.13. The van der Waals surface area contributed by atoms with Gasteiger partial charge in [-0.2, -0.15) is 0 Å². The van der Waals surface area contributed by atoms with E-state index in [0.717, 1.165) is 29.8 Å². The van der Waals surface area contributed by atoms with Crippen molar-refractivity contribution in [2.45, 2.75) is 38.6 Å². The van der Waals surface area contributed by atoms with Crippen molar-refractivity contribution in [2.24, 2.45) is 0 Å². The number of benzene rings is 1. The van der Waals surface area contributed by atoms with E-state index in [1.54, 1.807) is 12.1 Å². The summed E-state index contributed by atoms with van der Waals surface area (Å²) in [6, 6.07) is 5.22. The number of fused-ring (bicyclic) bond motifs is 1. The standard InChI is InChI=1S/C14H16N2O2/c1-2-7-16-12-6-5-10(14(17)18)8-11(12)15-13(16)9-3-4-9/h5-6,8-9H,2-4,7H2,1H3,(H,17,18). The number of carboxylic acid groups (broad SMARTS) is 1. The lowest BCUT2D eigenvalue weighted by atomic mass is 10.2. The van der Waals surface area contributed by atoms with Gasteiger partial charge in [0.15, 0.2) is 0 Å². The monoisotopic (exact) mass is 244 g/mol. The number of carboxylic acids is 1. The largest absolute Gasteiger partial charge is 0.478 e. The SMILES string of the molecule is CCCn1c(C2CC2)nc2cc(C(=O)O)ccc21. The van der Waals surface area contributed by atoms with Crippen LogP contribution in [0.15, 0.2) is 18.2 Å². The molecule has 0 amide bonds. The first kappa shape index (κ1) is 11.3. The second-order valence-corrected chi connectivity index (χ2v) is 4.90. The molecule has 3 rings (SSSR count). The molecule has 1 aromatic heterocycles. The zero-order valence-electron chi connectivity index (χ0n) is 10.4. The summed E-state index contributed by atoms with van der Waals surface area (Å²) in [4.78, 5) is 15.6. The van der Waals surface area contributed by atoms with Crippen LogP contribution in [0.1, 0.15) is 48.3 Å². The fraction of sp³-hybridized carbons (Fsp3) is 0.429. The van der Waals surface area contributed by atoms with Gasteiger partial charge in [0.2, 0.25) is 0 Å². The van der Waals surface area contributed by atoms with E-state index >= 15 is 0 Å². The van der Waals surface area contributed by atoms with Crippen LogP contribution >= 0.6 is 0 Å². The normalized spacial score (nSPS) is 15.2. The van der Waals surface area contributed by atoms with Crippen molar-refractivity contribution in [3.05, 3.63) is 29.6 Å². The maximum absolute atomic E-state index is 11.0. The highest BCUT2D eigenvalue weighted by Crippen LogP contribution is 2.40. The molecule has 0 saturated heterocycles. The third-order valence-corrected chi connectivity index (χ3v) is 3.41. The van der Waals surface area contributed by atoms with Crippen molar-refractivity contribution in [3.63, 3.8) is 0 Å².